The number of carbonyl (C=O) groups excluding carboxylic acids is 1. The summed E-state index contributed by atoms with van der Waals surface area (Å²) in [5.74, 6) is -1.31. The fourth-order valence-electron chi connectivity index (χ4n) is 9.01. The minimum atomic E-state index is -1.59. The number of nitrogens with one attached hydrogen (secondary N) is 5. The van der Waals surface area contributed by atoms with Gasteiger partial charge < -0.3 is 44.8 Å². The number of nitrogens with zero attached hydrogens (tertiary/aromatic N) is 4. The molecule has 0 aromatic carbocycles. The van der Waals surface area contributed by atoms with Crippen LogP contribution in [0.25, 0.3) is 0 Å². The van der Waals surface area contributed by atoms with Crippen molar-refractivity contribution >= 4 is 22.5 Å². The van der Waals surface area contributed by atoms with Gasteiger partial charge in [0.1, 0.15) is 24.9 Å². The van der Waals surface area contributed by atoms with Gasteiger partial charge in [0, 0.05) is 107 Å². The average Bonchev–Trinajstić information content (AvgIpc) is 4.19. The van der Waals surface area contributed by atoms with E-state index in [1.807, 2.05) is 6.92 Å². The molecule has 9 N–H and O–H groups in total. The zero-order valence-corrected chi connectivity index (χ0v) is 43.5. The third-order valence-electron chi connectivity index (χ3n) is 13.3. The molecule has 4 aromatic heterocycles. The topological polar surface area (TPSA) is 395 Å². The maximum atomic E-state index is 12.8. The lowest BCUT2D eigenvalue weighted by molar-refractivity contribution is -0.136. The number of aliphatic hydroxyl groups excluding tert-OH is 4. The van der Waals surface area contributed by atoms with Crippen LogP contribution in [0.3, 0.4) is 0 Å². The first-order valence-corrected chi connectivity index (χ1v) is 25.4. The number of hydrogen-bond acceptors (Lipinski definition) is 19. The summed E-state index contributed by atoms with van der Waals surface area (Å²) in [7, 11) is -1.15. The Morgan fingerprint density at radius 2 is 0.842 bits per heavy atom. The first kappa shape index (κ1) is 60.4. The molecule has 0 saturated carbocycles. The molecule has 0 spiro atoms. The smallest absolute Gasteiger partial charge is 0.330 e. The number of aromatic nitrogens is 8. The van der Waals surface area contributed by atoms with Gasteiger partial charge in [-0.25, -0.2) is 19.2 Å². The highest BCUT2D eigenvalue weighted by atomic mass is 32.2. The molecule has 1 unspecified atom stereocenters. The largest absolute Gasteiger partial charge is 0.394 e. The molecule has 418 valence electrons. The van der Waals surface area contributed by atoms with E-state index in [1.54, 1.807) is 34.0 Å². The summed E-state index contributed by atoms with van der Waals surface area (Å²) in [6.07, 6.45) is 3.53. The molecule has 8 rings (SSSR count). The fourth-order valence-corrected chi connectivity index (χ4v) is 10.0. The van der Waals surface area contributed by atoms with Crippen LogP contribution in [0.4, 0.5) is 4.39 Å². The van der Waals surface area contributed by atoms with Crippen LogP contribution < -0.4 is 45.0 Å². The van der Waals surface area contributed by atoms with E-state index in [9.17, 15) is 67.1 Å². The van der Waals surface area contributed by atoms with Gasteiger partial charge in [-0.3, -0.25) is 66.4 Å². The summed E-state index contributed by atoms with van der Waals surface area (Å²) in [6, 6.07) is -1.59. The van der Waals surface area contributed by atoms with Crippen LogP contribution >= 0.6 is 0 Å². The normalized spacial score (nSPS) is 27.1. The molecule has 0 radical (unpaired) electrons. The van der Waals surface area contributed by atoms with Crippen molar-refractivity contribution in [3.05, 3.63) is 143 Å². The monoisotopic (exact) mass is 1090 g/mol. The van der Waals surface area contributed by atoms with Crippen LogP contribution in [0.15, 0.2) is 75.3 Å². The summed E-state index contributed by atoms with van der Waals surface area (Å²) in [6.45, 7) is 12.6. The van der Waals surface area contributed by atoms with Crippen LogP contribution in [0, 0.1) is 50.9 Å². The Hall–Kier alpha value is -6.44. The van der Waals surface area contributed by atoms with E-state index in [1.165, 1.54) is 45.4 Å². The lowest BCUT2D eigenvalue weighted by atomic mass is 9.94. The molecule has 0 aliphatic carbocycles. The highest BCUT2D eigenvalue weighted by Gasteiger charge is 2.42. The maximum Gasteiger partial charge on any atom is 0.330 e. The minimum absolute atomic E-state index is 0.00846. The van der Waals surface area contributed by atoms with E-state index in [0.29, 0.717) is 47.2 Å². The summed E-state index contributed by atoms with van der Waals surface area (Å²) in [5, 5.41) is 44.1. The summed E-state index contributed by atoms with van der Waals surface area (Å²) < 4.78 is 51.5. The Kier molecular flexibility index (Phi) is 20.7. The quantitative estimate of drug-likeness (QED) is 0.0430. The summed E-state index contributed by atoms with van der Waals surface area (Å²) in [4.78, 5) is 112. The van der Waals surface area contributed by atoms with E-state index in [-0.39, 0.29) is 49.4 Å². The van der Waals surface area contributed by atoms with E-state index in [0.717, 1.165) is 10.1 Å². The highest BCUT2D eigenvalue weighted by Crippen LogP contribution is 2.37. The third kappa shape index (κ3) is 14.1. The molecule has 8 heterocycles. The van der Waals surface area contributed by atoms with E-state index in [4.69, 9.17) is 29.5 Å². The molecule has 0 bridgehead atoms. The first-order chi connectivity index (χ1) is 35.7. The molecular formula is C47H64FN9O18S. The number of aliphatic hydroxyl groups is 4. The number of rotatable bonds is 12. The number of carbonyl (C=O) groups is 1. The van der Waals surface area contributed by atoms with E-state index in [2.05, 4.69) is 26.5 Å². The van der Waals surface area contributed by atoms with Crippen LogP contribution in [-0.2, 0) is 34.5 Å². The van der Waals surface area contributed by atoms with Crippen LogP contribution in [0.2, 0.25) is 0 Å². The van der Waals surface area contributed by atoms with Gasteiger partial charge >= 0.3 is 28.8 Å². The van der Waals surface area contributed by atoms with Crippen LogP contribution in [0.5, 0.6) is 0 Å². The number of aryl methyl sites for hydroxylation is 4. The predicted molar refractivity (Wildman–Crippen MR) is 269 cm³/mol. The Morgan fingerprint density at radius 1 is 0.566 bits per heavy atom. The molecule has 4 aliphatic heterocycles. The minimum Gasteiger partial charge on any atom is -0.394 e. The molecule has 76 heavy (non-hydrogen) atoms. The zero-order chi connectivity index (χ0) is 56.6. The Labute approximate surface area is 432 Å². The summed E-state index contributed by atoms with van der Waals surface area (Å²) >= 11 is 0. The standard InChI is InChI=1S/C13H18N2O4.C12H17N3O4.C11H13FN2O5.C11H16N2O5S/c1-7(2)9-4-11(19-10(9)6-16)15-5-8(3)12(17)14-13(15)18;1-6-4-15(12(18)14-11(6)17)10-3-8(7(2)13)9(5-16)19-10;1-5-3-14(11(18)13-10(5)17)8-2-6(9(12)16)7(4-15)19-8;1-6-4-13(11(16)12-10(6)15)9-3-8(19(2)17)7(5-14)18-9/h5,9-11,16H,1,4,6H2,2-3H3,(H,14,17,18);4,8-10,13,16H,3,5H2,1-2H3,(H,14,17,18);3,6-8,15H,2,4H2,1H3,(H,13,17,18);4,7-9,14H,3,5H2,1-2H3,(H,12,15,16)/t9-,10+,11+;8-,9+,10+;6-,7-,8-;7-,8-,9-,19?/m0011/s1. The molecule has 4 aromatic rings. The van der Waals surface area contributed by atoms with Gasteiger partial charge in [-0.15, -0.1) is 0 Å². The van der Waals surface area contributed by atoms with Crippen molar-refractivity contribution in [2.45, 2.75) is 122 Å². The highest BCUT2D eigenvalue weighted by molar-refractivity contribution is 7.85. The number of H-pyrrole nitrogens is 4. The fraction of sp³-hybridized carbons (Fsp3) is 0.574. The zero-order valence-electron chi connectivity index (χ0n) is 42.7. The third-order valence-corrected chi connectivity index (χ3v) is 14.7. The Bertz CT molecular complexity index is 2860. The van der Waals surface area contributed by atoms with Crippen LogP contribution in [0.1, 0.15) is 86.7 Å². The molecule has 29 heteroatoms. The number of ether oxygens (including phenoxy) is 4. The second-order valence-electron chi connectivity index (χ2n) is 18.8. The SMILES string of the molecule is C=C(C)[C@@H]1C[C@H](n2cc(C)c(=O)[nH]c2=O)O[C@@H]1CO.CC(=N)[C@@H]1C[C@H](n2cc(C)c(=O)[nH]c2=O)O[C@@H]1CO.Cc1cn([C@H]2C[C@@H](C(=O)F)[C@@H](CO)O2)c(=O)[nH]c1=O.Cc1cn([C@H]2C[C@@H](S(C)=O)[C@@H](CO)O2)c(=O)[nH]c1=O. The van der Waals surface area contributed by atoms with Gasteiger partial charge in [-0.2, -0.15) is 4.39 Å². The van der Waals surface area contributed by atoms with Crippen molar-refractivity contribution in [2.24, 2.45) is 17.8 Å². The van der Waals surface area contributed by atoms with Gasteiger partial charge in [0.15, 0.2) is 0 Å². The lowest BCUT2D eigenvalue weighted by Gasteiger charge is -2.15. The second-order valence-corrected chi connectivity index (χ2v) is 20.4. The maximum absolute atomic E-state index is 12.8. The lowest BCUT2D eigenvalue weighted by Crippen LogP contribution is -2.33. The van der Waals surface area contributed by atoms with Gasteiger partial charge in [0.25, 0.3) is 22.2 Å². The number of hydrogen-bond donors (Lipinski definition) is 9. The molecule has 4 saturated heterocycles. The first-order valence-electron chi connectivity index (χ1n) is 23.8. The van der Waals surface area contributed by atoms with Crippen molar-refractivity contribution in [1.29, 1.82) is 5.41 Å². The van der Waals surface area contributed by atoms with Crippen molar-refractivity contribution in [2.75, 3.05) is 32.7 Å². The second kappa shape index (κ2) is 26.1. The van der Waals surface area contributed by atoms with Gasteiger partial charge in [-0.1, -0.05) is 12.2 Å². The molecule has 4 aliphatic rings. The van der Waals surface area contributed by atoms with Gasteiger partial charge in [0.2, 0.25) is 0 Å². The number of aromatic amines is 4. The predicted octanol–water partition coefficient (Wildman–Crippen LogP) is -1.79. The van der Waals surface area contributed by atoms with Crippen LogP contribution in [-0.4, -0.2) is 137 Å². The number of halogens is 1. The van der Waals surface area contributed by atoms with Crippen molar-refractivity contribution in [3.63, 3.8) is 0 Å². The molecular weight excluding hydrogens is 1030 g/mol. The molecule has 13 atom stereocenters. The Morgan fingerprint density at radius 3 is 1.08 bits per heavy atom. The van der Waals surface area contributed by atoms with Gasteiger partial charge in [0.05, 0.1) is 62.0 Å². The van der Waals surface area contributed by atoms with Crippen molar-refractivity contribution in [1.82, 2.24) is 38.2 Å². The molecule has 27 nitrogen and oxygen atoms in total. The van der Waals surface area contributed by atoms with Crippen molar-refractivity contribution in [3.8, 4) is 0 Å². The summed E-state index contributed by atoms with van der Waals surface area (Å²) in [5.41, 5.74) is -1.21. The van der Waals surface area contributed by atoms with E-state index < -0.39 is 118 Å². The van der Waals surface area contributed by atoms with Crippen molar-refractivity contribution < 1.29 is 52.8 Å². The van der Waals surface area contributed by atoms with E-state index >= 15 is 0 Å². The average molecular weight is 1090 g/mol. The Balaban J connectivity index is 0.000000187. The molecule has 4 fully saturated rings. The van der Waals surface area contributed by atoms with Gasteiger partial charge in [-0.05, 0) is 41.5 Å². The molecule has 0 amide bonds.